The fourth-order valence-corrected chi connectivity index (χ4v) is 3.16. The van der Waals surface area contributed by atoms with E-state index >= 15 is 0 Å². The zero-order valence-corrected chi connectivity index (χ0v) is 17.4. The van der Waals surface area contributed by atoms with Crippen molar-refractivity contribution in [3.63, 3.8) is 0 Å². The Balaban J connectivity index is 1.85. The van der Waals surface area contributed by atoms with Crippen LogP contribution in [0.15, 0.2) is 58.4 Å². The minimum absolute atomic E-state index is 0.328. The molecule has 3 aromatic rings. The second kappa shape index (κ2) is 8.87. The molecule has 1 N–H and O–H groups in total. The number of hydrogen-bond acceptors (Lipinski definition) is 5. The van der Waals surface area contributed by atoms with Gasteiger partial charge >= 0.3 is 11.1 Å². The quantitative estimate of drug-likeness (QED) is 0.608. The van der Waals surface area contributed by atoms with E-state index < -0.39 is 17.0 Å². The minimum atomic E-state index is -0.836. The molecule has 0 aliphatic rings. The normalized spacial score (nSPS) is 10.5. The lowest BCUT2D eigenvalue weighted by molar-refractivity contribution is -0.116. The smallest absolute Gasteiger partial charge is 0.320 e. The van der Waals surface area contributed by atoms with Crippen molar-refractivity contribution in [2.45, 2.75) is 13.5 Å². The number of carbonyl (C=O) groups is 1. The summed E-state index contributed by atoms with van der Waals surface area (Å²) in [7, 11) is 2.97. The highest BCUT2D eigenvalue weighted by Crippen LogP contribution is 2.28. The molecule has 8 nitrogen and oxygen atoms in total. The topological polar surface area (TPSA) is 91.6 Å². The van der Waals surface area contributed by atoms with Crippen LogP contribution in [0.4, 0.5) is 5.69 Å². The second-order valence-electron chi connectivity index (χ2n) is 6.48. The van der Waals surface area contributed by atoms with Gasteiger partial charge in [-0.05, 0) is 36.8 Å². The molecule has 1 aromatic heterocycles. The first-order valence-electron chi connectivity index (χ1n) is 8.94. The van der Waals surface area contributed by atoms with Gasteiger partial charge in [0.15, 0.2) is 11.5 Å². The first-order valence-corrected chi connectivity index (χ1v) is 9.32. The molecule has 0 radical (unpaired) electrons. The lowest BCUT2D eigenvalue weighted by Crippen LogP contribution is -2.41. The van der Waals surface area contributed by atoms with Gasteiger partial charge in [-0.1, -0.05) is 17.7 Å². The third-order valence-electron chi connectivity index (χ3n) is 4.42. The van der Waals surface area contributed by atoms with Gasteiger partial charge in [-0.2, -0.15) is 0 Å². The molecule has 0 saturated heterocycles. The Kier molecular flexibility index (Phi) is 6.27. The standard InChI is InChI=1S/C21H20ClN3O5/c1-13-4-6-16(15(22)10-13)23-19(26)12-24-8-9-25(21(28)20(24)27)14-5-7-17(29-2)18(11-14)30-3/h4-11H,12H2,1-3H3,(H,23,26). The lowest BCUT2D eigenvalue weighted by atomic mass is 10.2. The third kappa shape index (κ3) is 4.38. The zero-order chi connectivity index (χ0) is 21.8. The summed E-state index contributed by atoms with van der Waals surface area (Å²) in [5.74, 6) is 0.431. The predicted octanol–water partition coefficient (Wildman–Crippen LogP) is 2.62. The average Bonchev–Trinajstić information content (AvgIpc) is 2.73. The Morgan fingerprint density at radius 2 is 1.73 bits per heavy atom. The van der Waals surface area contributed by atoms with E-state index in [0.29, 0.717) is 27.9 Å². The number of hydrogen-bond donors (Lipinski definition) is 1. The largest absolute Gasteiger partial charge is 0.493 e. The van der Waals surface area contributed by atoms with Crippen LogP contribution in [-0.2, 0) is 11.3 Å². The molecule has 1 amide bonds. The first-order chi connectivity index (χ1) is 14.3. The van der Waals surface area contributed by atoms with E-state index in [1.165, 1.54) is 31.2 Å². The number of aromatic nitrogens is 2. The van der Waals surface area contributed by atoms with Crippen LogP contribution < -0.4 is 25.9 Å². The molecule has 0 spiro atoms. The van der Waals surface area contributed by atoms with E-state index in [1.807, 2.05) is 6.92 Å². The number of carbonyl (C=O) groups excluding carboxylic acids is 1. The van der Waals surface area contributed by atoms with Crippen LogP contribution in [0.3, 0.4) is 0 Å². The lowest BCUT2D eigenvalue weighted by Gasteiger charge is -2.12. The molecule has 0 saturated carbocycles. The van der Waals surface area contributed by atoms with Crippen molar-refractivity contribution >= 4 is 23.2 Å². The van der Waals surface area contributed by atoms with Crippen LogP contribution in [-0.4, -0.2) is 29.3 Å². The van der Waals surface area contributed by atoms with Crippen LogP contribution in [0.25, 0.3) is 5.69 Å². The molecule has 0 unspecified atom stereocenters. The van der Waals surface area contributed by atoms with Crippen molar-refractivity contribution < 1.29 is 14.3 Å². The third-order valence-corrected chi connectivity index (χ3v) is 4.73. The number of nitrogens with zero attached hydrogens (tertiary/aromatic N) is 2. The maximum atomic E-state index is 12.6. The van der Waals surface area contributed by atoms with Crippen molar-refractivity contribution in [2.75, 3.05) is 19.5 Å². The number of anilines is 1. The number of aryl methyl sites for hydroxylation is 1. The molecule has 156 valence electrons. The predicted molar refractivity (Wildman–Crippen MR) is 114 cm³/mol. The van der Waals surface area contributed by atoms with E-state index in [2.05, 4.69) is 5.32 Å². The second-order valence-corrected chi connectivity index (χ2v) is 6.88. The Morgan fingerprint density at radius 1 is 1.00 bits per heavy atom. The maximum absolute atomic E-state index is 12.6. The van der Waals surface area contributed by atoms with Gasteiger partial charge in [0, 0.05) is 18.5 Å². The van der Waals surface area contributed by atoms with Crippen LogP contribution in [0.1, 0.15) is 5.56 Å². The number of benzene rings is 2. The van der Waals surface area contributed by atoms with Crippen molar-refractivity contribution in [1.82, 2.24) is 9.13 Å². The summed E-state index contributed by atoms with van der Waals surface area (Å²) in [6.07, 6.45) is 2.79. The van der Waals surface area contributed by atoms with E-state index in [4.69, 9.17) is 21.1 Å². The van der Waals surface area contributed by atoms with Crippen LogP contribution in [0, 0.1) is 6.92 Å². The van der Waals surface area contributed by atoms with Gasteiger partial charge in [0.1, 0.15) is 6.54 Å². The highest BCUT2D eigenvalue weighted by molar-refractivity contribution is 6.33. The highest BCUT2D eigenvalue weighted by Gasteiger charge is 2.13. The molecular formula is C21H20ClN3O5. The molecule has 9 heteroatoms. The van der Waals surface area contributed by atoms with E-state index in [-0.39, 0.29) is 6.54 Å². The molecule has 3 rings (SSSR count). The minimum Gasteiger partial charge on any atom is -0.493 e. The van der Waals surface area contributed by atoms with Gasteiger partial charge in [-0.3, -0.25) is 23.5 Å². The van der Waals surface area contributed by atoms with Gasteiger partial charge in [0.25, 0.3) is 0 Å². The summed E-state index contributed by atoms with van der Waals surface area (Å²) < 4.78 is 12.6. The monoisotopic (exact) mass is 429 g/mol. The summed E-state index contributed by atoms with van der Waals surface area (Å²) in [4.78, 5) is 37.4. The summed E-state index contributed by atoms with van der Waals surface area (Å²) in [5.41, 5.74) is 0.174. The van der Waals surface area contributed by atoms with Gasteiger partial charge in [0.2, 0.25) is 5.91 Å². The number of rotatable bonds is 6. The molecule has 30 heavy (non-hydrogen) atoms. The van der Waals surface area contributed by atoms with Crippen molar-refractivity contribution in [3.8, 4) is 17.2 Å². The summed E-state index contributed by atoms with van der Waals surface area (Å²) >= 11 is 6.11. The highest BCUT2D eigenvalue weighted by atomic mass is 35.5. The molecular weight excluding hydrogens is 410 g/mol. The summed E-state index contributed by atoms with van der Waals surface area (Å²) in [6, 6.07) is 10.0. The van der Waals surface area contributed by atoms with Gasteiger partial charge in [-0.25, -0.2) is 0 Å². The van der Waals surface area contributed by atoms with Gasteiger partial charge in [-0.15, -0.1) is 0 Å². The maximum Gasteiger partial charge on any atom is 0.320 e. The fourth-order valence-electron chi connectivity index (χ4n) is 2.88. The molecule has 0 bridgehead atoms. The molecule has 0 atom stereocenters. The molecule has 1 heterocycles. The van der Waals surface area contributed by atoms with Crippen molar-refractivity contribution in [1.29, 1.82) is 0 Å². The molecule has 0 fully saturated rings. The zero-order valence-electron chi connectivity index (χ0n) is 16.6. The first kappa shape index (κ1) is 21.2. The van der Waals surface area contributed by atoms with E-state index in [1.54, 1.807) is 36.4 Å². The Hall–Kier alpha value is -3.52. The van der Waals surface area contributed by atoms with Crippen LogP contribution >= 0.6 is 11.6 Å². The molecule has 0 aliphatic carbocycles. The van der Waals surface area contributed by atoms with Gasteiger partial charge in [0.05, 0.1) is 30.6 Å². The van der Waals surface area contributed by atoms with Crippen LogP contribution in [0.5, 0.6) is 11.5 Å². The van der Waals surface area contributed by atoms with Gasteiger partial charge < -0.3 is 14.8 Å². The number of amides is 1. The van der Waals surface area contributed by atoms with Crippen LogP contribution in [0.2, 0.25) is 5.02 Å². The molecule has 0 aliphatic heterocycles. The fraction of sp³-hybridized carbons (Fsp3) is 0.190. The Bertz CT molecular complexity index is 1220. The van der Waals surface area contributed by atoms with Crippen molar-refractivity contribution in [2.24, 2.45) is 0 Å². The average molecular weight is 430 g/mol. The molecule has 2 aromatic carbocycles. The van der Waals surface area contributed by atoms with Crippen molar-refractivity contribution in [3.05, 3.63) is 80.1 Å². The Morgan fingerprint density at radius 3 is 2.40 bits per heavy atom. The number of methoxy groups -OCH3 is 2. The number of halogens is 1. The summed E-state index contributed by atoms with van der Waals surface area (Å²) in [5, 5.41) is 3.03. The number of ether oxygens (including phenoxy) is 2. The van der Waals surface area contributed by atoms with E-state index in [9.17, 15) is 14.4 Å². The SMILES string of the molecule is COc1ccc(-n2ccn(CC(=O)Nc3ccc(C)cc3Cl)c(=O)c2=O)cc1OC. The van der Waals surface area contributed by atoms with E-state index in [0.717, 1.165) is 10.1 Å². The Labute approximate surface area is 177 Å². The number of nitrogens with one attached hydrogen (secondary N) is 1. The summed E-state index contributed by atoms with van der Waals surface area (Å²) in [6.45, 7) is 1.55.